The number of carbonyl (C=O) groups is 1. The molecule has 2 N–H and O–H groups in total. The van der Waals surface area contributed by atoms with Gasteiger partial charge in [-0.05, 0) is 35.6 Å². The van der Waals surface area contributed by atoms with Crippen LogP contribution in [0.5, 0.6) is 11.5 Å². The van der Waals surface area contributed by atoms with Crippen LogP contribution < -0.4 is 20.1 Å². The van der Waals surface area contributed by atoms with Gasteiger partial charge < -0.3 is 25.0 Å². The van der Waals surface area contributed by atoms with Crippen LogP contribution >= 0.6 is 11.3 Å². The molecule has 28 heavy (non-hydrogen) atoms. The Morgan fingerprint density at radius 2 is 1.93 bits per heavy atom. The van der Waals surface area contributed by atoms with Crippen LogP contribution in [0.1, 0.15) is 10.4 Å². The molecule has 2 aromatic rings. The fourth-order valence-corrected chi connectivity index (χ4v) is 3.05. The Kier molecular flexibility index (Phi) is 8.61. The molecule has 0 aliphatic rings. The number of amides is 1. The molecule has 0 aliphatic carbocycles. The van der Waals surface area contributed by atoms with E-state index in [0.717, 1.165) is 12.0 Å². The van der Waals surface area contributed by atoms with Gasteiger partial charge in [0, 0.05) is 25.5 Å². The molecule has 0 fully saturated rings. The molecule has 0 spiro atoms. The van der Waals surface area contributed by atoms with Crippen LogP contribution in [0.15, 0.2) is 40.7 Å². The highest BCUT2D eigenvalue weighted by Crippen LogP contribution is 2.27. The highest BCUT2D eigenvalue weighted by molar-refractivity contribution is 7.09. The number of carbonyl (C=O) groups excluding carboxylic acids is 1. The van der Waals surface area contributed by atoms with Crippen LogP contribution in [0.4, 0.5) is 0 Å². The molecule has 0 bridgehead atoms. The van der Waals surface area contributed by atoms with E-state index >= 15 is 0 Å². The summed E-state index contributed by atoms with van der Waals surface area (Å²) < 4.78 is 10.6. The van der Waals surface area contributed by atoms with Gasteiger partial charge in [0.1, 0.15) is 6.54 Å². The topological polar surface area (TPSA) is 75.2 Å². The lowest BCUT2D eigenvalue weighted by molar-refractivity contribution is -0.127. The first-order valence-corrected chi connectivity index (χ1v) is 9.87. The minimum absolute atomic E-state index is 0.0443. The molecular weight excluding hydrogens is 376 g/mol. The molecule has 0 saturated heterocycles. The second kappa shape index (κ2) is 11.2. The quantitative estimate of drug-likeness (QED) is 0.495. The zero-order valence-corrected chi connectivity index (χ0v) is 17.6. The number of aliphatic imine (C=N–C) groups is 1. The van der Waals surface area contributed by atoms with E-state index in [1.807, 2.05) is 29.6 Å². The summed E-state index contributed by atoms with van der Waals surface area (Å²) in [6.45, 7) is 1.43. The lowest BCUT2D eigenvalue weighted by atomic mass is 10.1. The minimum atomic E-state index is -0.0443. The van der Waals surface area contributed by atoms with Crippen LogP contribution in [0.2, 0.25) is 0 Å². The highest BCUT2D eigenvalue weighted by atomic mass is 32.1. The maximum absolute atomic E-state index is 11.8. The number of thiophene rings is 1. The van der Waals surface area contributed by atoms with E-state index in [1.54, 1.807) is 39.7 Å². The molecular formula is C20H28N4O3S. The SMILES string of the molecule is COc1ccc(CCNC(=NCC(=O)N(C)C)NCc2cccs2)cc1OC. The number of hydrogen-bond acceptors (Lipinski definition) is 5. The Bertz CT molecular complexity index is 776. The minimum Gasteiger partial charge on any atom is -0.493 e. The van der Waals surface area contributed by atoms with Gasteiger partial charge in [0.05, 0.1) is 20.8 Å². The van der Waals surface area contributed by atoms with E-state index in [0.29, 0.717) is 30.5 Å². The lowest BCUT2D eigenvalue weighted by Gasteiger charge is -2.14. The van der Waals surface area contributed by atoms with Crippen molar-refractivity contribution >= 4 is 23.2 Å². The third kappa shape index (κ3) is 6.77. The van der Waals surface area contributed by atoms with Gasteiger partial charge in [-0.25, -0.2) is 4.99 Å². The van der Waals surface area contributed by atoms with E-state index in [4.69, 9.17) is 9.47 Å². The van der Waals surface area contributed by atoms with Crippen molar-refractivity contribution in [2.45, 2.75) is 13.0 Å². The van der Waals surface area contributed by atoms with Crippen molar-refractivity contribution in [3.63, 3.8) is 0 Å². The van der Waals surface area contributed by atoms with E-state index in [9.17, 15) is 4.79 Å². The number of hydrogen-bond donors (Lipinski definition) is 2. The van der Waals surface area contributed by atoms with Crippen molar-refractivity contribution in [2.24, 2.45) is 4.99 Å². The van der Waals surface area contributed by atoms with Gasteiger partial charge in [-0.15, -0.1) is 11.3 Å². The van der Waals surface area contributed by atoms with Gasteiger partial charge in [-0.1, -0.05) is 12.1 Å². The Balaban J connectivity index is 1.95. The van der Waals surface area contributed by atoms with Crippen LogP contribution in [-0.4, -0.2) is 58.2 Å². The molecule has 1 heterocycles. The fourth-order valence-electron chi connectivity index (χ4n) is 2.41. The Labute approximate surface area is 170 Å². The second-order valence-corrected chi connectivity index (χ2v) is 7.28. The lowest BCUT2D eigenvalue weighted by Crippen LogP contribution is -2.39. The molecule has 2 rings (SSSR count). The number of nitrogens with one attached hydrogen (secondary N) is 2. The molecule has 0 unspecified atom stereocenters. The van der Waals surface area contributed by atoms with Gasteiger partial charge in [0.15, 0.2) is 17.5 Å². The van der Waals surface area contributed by atoms with Crippen LogP contribution in [-0.2, 0) is 17.8 Å². The summed E-state index contributed by atoms with van der Waals surface area (Å²) in [5.41, 5.74) is 1.12. The van der Waals surface area contributed by atoms with E-state index in [2.05, 4.69) is 21.7 Å². The average molecular weight is 405 g/mol. The van der Waals surface area contributed by atoms with Crippen molar-refractivity contribution in [3.05, 3.63) is 46.2 Å². The van der Waals surface area contributed by atoms with Crippen LogP contribution in [0.3, 0.4) is 0 Å². The zero-order valence-electron chi connectivity index (χ0n) is 16.8. The van der Waals surface area contributed by atoms with Crippen molar-refractivity contribution in [3.8, 4) is 11.5 Å². The van der Waals surface area contributed by atoms with Crippen molar-refractivity contribution in [2.75, 3.05) is 41.4 Å². The molecule has 0 radical (unpaired) electrons. The first kappa shape index (κ1) is 21.6. The molecule has 0 atom stereocenters. The van der Waals surface area contributed by atoms with Crippen LogP contribution in [0.25, 0.3) is 0 Å². The number of likely N-dealkylation sites (N-methyl/N-ethyl adjacent to an activating group) is 1. The number of benzene rings is 1. The summed E-state index contributed by atoms with van der Waals surface area (Å²) in [5, 5.41) is 8.60. The molecule has 0 saturated carbocycles. The summed E-state index contributed by atoms with van der Waals surface area (Å²) >= 11 is 1.68. The standard InChI is InChI=1S/C20H28N4O3S/c1-24(2)19(25)14-23-20(22-13-16-6-5-11-28-16)21-10-9-15-7-8-17(26-3)18(12-15)27-4/h5-8,11-12H,9-10,13-14H2,1-4H3,(H2,21,22,23). The number of ether oxygens (including phenoxy) is 2. The number of guanidine groups is 1. The van der Waals surface area contributed by atoms with E-state index in [1.165, 1.54) is 9.78 Å². The Morgan fingerprint density at radius 3 is 2.57 bits per heavy atom. The Hall–Kier alpha value is -2.74. The maximum Gasteiger partial charge on any atom is 0.243 e. The largest absolute Gasteiger partial charge is 0.493 e. The van der Waals surface area contributed by atoms with Gasteiger partial charge in [0.2, 0.25) is 5.91 Å². The fraction of sp³-hybridized carbons (Fsp3) is 0.400. The monoisotopic (exact) mass is 404 g/mol. The summed E-state index contributed by atoms with van der Waals surface area (Å²) in [4.78, 5) is 19.0. The maximum atomic E-state index is 11.8. The molecule has 8 heteroatoms. The van der Waals surface area contributed by atoms with Crippen molar-refractivity contribution in [1.82, 2.24) is 15.5 Å². The first-order valence-electron chi connectivity index (χ1n) is 8.99. The smallest absolute Gasteiger partial charge is 0.243 e. The van der Waals surface area contributed by atoms with Crippen LogP contribution in [0, 0.1) is 0 Å². The van der Waals surface area contributed by atoms with Crippen molar-refractivity contribution < 1.29 is 14.3 Å². The molecule has 7 nitrogen and oxygen atoms in total. The summed E-state index contributed by atoms with van der Waals surface area (Å²) in [5.74, 6) is 1.99. The number of methoxy groups -OCH3 is 2. The van der Waals surface area contributed by atoms with E-state index < -0.39 is 0 Å². The molecule has 0 aliphatic heterocycles. The Morgan fingerprint density at radius 1 is 1.14 bits per heavy atom. The highest BCUT2D eigenvalue weighted by Gasteiger charge is 2.07. The number of nitrogens with zero attached hydrogens (tertiary/aromatic N) is 2. The first-order chi connectivity index (χ1) is 13.5. The predicted octanol–water partition coefficient (Wildman–Crippen LogP) is 2.13. The van der Waals surface area contributed by atoms with Gasteiger partial charge in [-0.3, -0.25) is 4.79 Å². The summed E-state index contributed by atoms with van der Waals surface area (Å²) in [7, 11) is 6.69. The predicted molar refractivity (Wildman–Crippen MR) is 113 cm³/mol. The van der Waals surface area contributed by atoms with Crippen molar-refractivity contribution in [1.29, 1.82) is 0 Å². The average Bonchev–Trinajstić information content (AvgIpc) is 3.22. The van der Waals surface area contributed by atoms with E-state index in [-0.39, 0.29) is 12.5 Å². The third-order valence-electron chi connectivity index (χ3n) is 4.04. The molecule has 1 aromatic carbocycles. The normalized spacial score (nSPS) is 11.1. The van der Waals surface area contributed by atoms with Gasteiger partial charge in [-0.2, -0.15) is 0 Å². The number of rotatable bonds is 9. The molecule has 1 aromatic heterocycles. The van der Waals surface area contributed by atoms with Gasteiger partial charge >= 0.3 is 0 Å². The zero-order chi connectivity index (χ0) is 20.4. The van der Waals surface area contributed by atoms with Gasteiger partial charge in [0.25, 0.3) is 0 Å². The third-order valence-corrected chi connectivity index (χ3v) is 4.91. The molecule has 152 valence electrons. The second-order valence-electron chi connectivity index (χ2n) is 6.25. The summed E-state index contributed by atoms with van der Waals surface area (Å²) in [6, 6.07) is 9.94. The summed E-state index contributed by atoms with van der Waals surface area (Å²) in [6.07, 6.45) is 0.779. The molecule has 1 amide bonds.